The molecule has 1 saturated heterocycles. The van der Waals surface area contributed by atoms with Crippen molar-refractivity contribution >= 4 is 17.3 Å². The standard InChI is InChI=1S/C20H23ClN2O4/c21-17-7-5-15(6-8-17)11-16-9-10-22(12-16)13-18(24)14-27-20-4-2-1-3-19(20)23(25)26/h1-8,16,18,24H,9-14H2. The maximum atomic E-state index is 11.0. The molecule has 1 aliphatic rings. The zero-order chi connectivity index (χ0) is 19.2. The average Bonchev–Trinajstić information content (AvgIpc) is 3.09. The molecule has 1 fully saturated rings. The molecular formula is C20H23ClN2O4. The van der Waals surface area contributed by atoms with E-state index in [2.05, 4.69) is 17.0 Å². The number of nitro benzene ring substituents is 1. The van der Waals surface area contributed by atoms with Gasteiger partial charge in [-0.15, -0.1) is 0 Å². The Labute approximate surface area is 163 Å². The van der Waals surface area contributed by atoms with Crippen molar-refractivity contribution in [1.82, 2.24) is 4.90 Å². The van der Waals surface area contributed by atoms with E-state index in [0.29, 0.717) is 12.5 Å². The first kappa shape index (κ1) is 19.6. The van der Waals surface area contributed by atoms with Gasteiger partial charge in [0.25, 0.3) is 0 Å². The number of β-amino-alcohol motifs (C(OH)–C–C–N with tert-alkyl or cyclic N) is 1. The van der Waals surface area contributed by atoms with E-state index in [-0.39, 0.29) is 18.0 Å². The van der Waals surface area contributed by atoms with Crippen LogP contribution in [0.4, 0.5) is 5.69 Å². The van der Waals surface area contributed by atoms with Crippen LogP contribution in [0.2, 0.25) is 5.02 Å². The SMILES string of the molecule is O=[N+]([O-])c1ccccc1OCC(O)CN1CCC(Cc2ccc(Cl)cc2)C1. The first-order chi connectivity index (χ1) is 13.0. The Morgan fingerprint density at radius 1 is 1.26 bits per heavy atom. The minimum atomic E-state index is -0.695. The number of aliphatic hydroxyl groups is 1. The van der Waals surface area contributed by atoms with Crippen LogP contribution in [-0.2, 0) is 6.42 Å². The van der Waals surface area contributed by atoms with Crippen molar-refractivity contribution in [2.45, 2.75) is 18.9 Å². The van der Waals surface area contributed by atoms with Gasteiger partial charge >= 0.3 is 5.69 Å². The molecule has 1 N–H and O–H groups in total. The Morgan fingerprint density at radius 3 is 2.74 bits per heavy atom. The summed E-state index contributed by atoms with van der Waals surface area (Å²) < 4.78 is 5.47. The van der Waals surface area contributed by atoms with Crippen molar-refractivity contribution in [3.63, 3.8) is 0 Å². The highest BCUT2D eigenvalue weighted by atomic mass is 35.5. The number of hydrogen-bond acceptors (Lipinski definition) is 5. The second kappa shape index (κ2) is 9.17. The van der Waals surface area contributed by atoms with Crippen molar-refractivity contribution < 1.29 is 14.8 Å². The van der Waals surface area contributed by atoms with Gasteiger partial charge in [-0.3, -0.25) is 10.1 Å². The molecule has 144 valence electrons. The normalized spacial score (nSPS) is 18.4. The lowest BCUT2D eigenvalue weighted by atomic mass is 9.99. The molecule has 6 nitrogen and oxygen atoms in total. The molecule has 7 heteroatoms. The number of rotatable bonds is 8. The smallest absolute Gasteiger partial charge is 0.310 e. The van der Waals surface area contributed by atoms with E-state index in [4.69, 9.17) is 16.3 Å². The van der Waals surface area contributed by atoms with E-state index in [1.54, 1.807) is 18.2 Å². The Morgan fingerprint density at radius 2 is 2.00 bits per heavy atom. The lowest BCUT2D eigenvalue weighted by Gasteiger charge is -2.20. The number of halogens is 1. The number of likely N-dealkylation sites (tertiary alicyclic amines) is 1. The molecule has 0 spiro atoms. The monoisotopic (exact) mass is 390 g/mol. The highest BCUT2D eigenvalue weighted by Gasteiger charge is 2.25. The largest absolute Gasteiger partial charge is 0.484 e. The van der Waals surface area contributed by atoms with Crippen LogP contribution in [-0.4, -0.2) is 47.3 Å². The Bertz CT molecular complexity index is 769. The third kappa shape index (κ3) is 5.66. The zero-order valence-electron chi connectivity index (χ0n) is 15.0. The summed E-state index contributed by atoms with van der Waals surface area (Å²) in [5, 5.41) is 22.0. The summed E-state index contributed by atoms with van der Waals surface area (Å²) in [4.78, 5) is 12.7. The molecule has 1 heterocycles. The Balaban J connectivity index is 1.44. The predicted octanol–water partition coefficient (Wildman–Crippen LogP) is 3.55. The fourth-order valence-corrected chi connectivity index (χ4v) is 3.59. The summed E-state index contributed by atoms with van der Waals surface area (Å²) in [7, 11) is 0. The van der Waals surface area contributed by atoms with Crippen molar-refractivity contribution in [2.24, 2.45) is 5.92 Å². The maximum absolute atomic E-state index is 11.0. The quantitative estimate of drug-likeness (QED) is 0.551. The van der Waals surface area contributed by atoms with E-state index < -0.39 is 11.0 Å². The van der Waals surface area contributed by atoms with Gasteiger partial charge < -0.3 is 14.7 Å². The zero-order valence-corrected chi connectivity index (χ0v) is 15.7. The third-order valence-corrected chi connectivity index (χ3v) is 5.02. The molecular weight excluding hydrogens is 368 g/mol. The van der Waals surface area contributed by atoms with Gasteiger partial charge in [0.1, 0.15) is 12.7 Å². The van der Waals surface area contributed by atoms with Crippen LogP contribution >= 0.6 is 11.6 Å². The minimum absolute atomic E-state index is 0.0310. The number of nitro groups is 1. The minimum Gasteiger partial charge on any atom is -0.484 e. The number of aliphatic hydroxyl groups excluding tert-OH is 1. The molecule has 2 aromatic carbocycles. The van der Waals surface area contributed by atoms with Gasteiger partial charge in [-0.2, -0.15) is 0 Å². The lowest BCUT2D eigenvalue weighted by Crippen LogP contribution is -2.34. The average molecular weight is 391 g/mol. The molecule has 0 bridgehead atoms. The van der Waals surface area contributed by atoms with Gasteiger partial charge in [0, 0.05) is 24.2 Å². The first-order valence-corrected chi connectivity index (χ1v) is 9.40. The highest BCUT2D eigenvalue weighted by Crippen LogP contribution is 2.26. The van der Waals surface area contributed by atoms with Gasteiger partial charge in [-0.25, -0.2) is 0 Å². The third-order valence-electron chi connectivity index (χ3n) is 4.77. The molecule has 0 saturated carbocycles. The lowest BCUT2D eigenvalue weighted by molar-refractivity contribution is -0.385. The van der Waals surface area contributed by atoms with Crippen LogP contribution in [0.1, 0.15) is 12.0 Å². The number of benzene rings is 2. The van der Waals surface area contributed by atoms with Crippen molar-refractivity contribution in [1.29, 1.82) is 0 Å². The summed E-state index contributed by atoms with van der Waals surface area (Å²) >= 11 is 5.92. The fourth-order valence-electron chi connectivity index (χ4n) is 3.47. The summed E-state index contributed by atoms with van der Waals surface area (Å²) in [6.45, 7) is 2.38. The van der Waals surface area contributed by atoms with Gasteiger partial charge in [-0.05, 0) is 49.1 Å². The molecule has 0 aliphatic carbocycles. The van der Waals surface area contributed by atoms with Crippen LogP contribution in [0.5, 0.6) is 5.75 Å². The van der Waals surface area contributed by atoms with E-state index in [0.717, 1.165) is 31.0 Å². The highest BCUT2D eigenvalue weighted by molar-refractivity contribution is 6.30. The number of nitrogens with zero attached hydrogens (tertiary/aromatic N) is 2. The van der Waals surface area contributed by atoms with E-state index >= 15 is 0 Å². The summed E-state index contributed by atoms with van der Waals surface area (Å²) in [6, 6.07) is 14.1. The number of ether oxygens (including phenoxy) is 1. The molecule has 1 aliphatic heterocycles. The molecule has 2 aromatic rings. The van der Waals surface area contributed by atoms with Gasteiger partial charge in [0.2, 0.25) is 0 Å². The number of hydrogen-bond donors (Lipinski definition) is 1. The van der Waals surface area contributed by atoms with Gasteiger partial charge in [0.15, 0.2) is 5.75 Å². The Hall–Kier alpha value is -2.15. The van der Waals surface area contributed by atoms with E-state index in [1.165, 1.54) is 11.6 Å². The predicted molar refractivity (Wildman–Crippen MR) is 104 cm³/mol. The van der Waals surface area contributed by atoms with Gasteiger partial charge in [0.05, 0.1) is 4.92 Å². The molecule has 0 radical (unpaired) electrons. The van der Waals surface area contributed by atoms with Crippen LogP contribution < -0.4 is 4.74 Å². The molecule has 0 aromatic heterocycles. The maximum Gasteiger partial charge on any atom is 0.310 e. The summed E-state index contributed by atoms with van der Waals surface area (Å²) in [5.41, 5.74) is 1.18. The topological polar surface area (TPSA) is 75.8 Å². The van der Waals surface area contributed by atoms with Crippen LogP contribution in [0.3, 0.4) is 0 Å². The molecule has 0 amide bonds. The number of para-hydroxylation sites is 2. The Kier molecular flexibility index (Phi) is 6.66. The van der Waals surface area contributed by atoms with E-state index in [9.17, 15) is 15.2 Å². The van der Waals surface area contributed by atoms with Crippen LogP contribution in [0, 0.1) is 16.0 Å². The second-order valence-electron chi connectivity index (χ2n) is 6.93. The van der Waals surface area contributed by atoms with Gasteiger partial charge in [-0.1, -0.05) is 35.9 Å². The van der Waals surface area contributed by atoms with E-state index in [1.807, 2.05) is 12.1 Å². The van der Waals surface area contributed by atoms with Crippen molar-refractivity contribution in [3.8, 4) is 5.75 Å². The molecule has 2 atom stereocenters. The summed E-state index contributed by atoms with van der Waals surface area (Å²) in [6.07, 6.45) is 1.38. The van der Waals surface area contributed by atoms with Crippen molar-refractivity contribution in [3.05, 3.63) is 69.2 Å². The summed E-state index contributed by atoms with van der Waals surface area (Å²) in [5.74, 6) is 0.734. The second-order valence-corrected chi connectivity index (χ2v) is 7.37. The molecule has 3 rings (SSSR count). The van der Waals surface area contributed by atoms with Crippen LogP contribution in [0.25, 0.3) is 0 Å². The first-order valence-electron chi connectivity index (χ1n) is 9.02. The van der Waals surface area contributed by atoms with Crippen LogP contribution in [0.15, 0.2) is 48.5 Å². The molecule has 2 unspecified atom stereocenters. The van der Waals surface area contributed by atoms with Crippen molar-refractivity contribution in [2.75, 3.05) is 26.2 Å². The molecule has 27 heavy (non-hydrogen) atoms. The fraction of sp³-hybridized carbons (Fsp3) is 0.400.